The molecule has 1 fully saturated rings. The molecule has 0 bridgehead atoms. The molecule has 0 radical (unpaired) electrons. The Hall–Kier alpha value is -0.840. The number of nitrogens with one attached hydrogen (secondary N) is 1. The average molecular weight is 272 g/mol. The summed E-state index contributed by atoms with van der Waals surface area (Å²) in [4.78, 5) is 11.8. The molecule has 0 saturated heterocycles. The van der Waals surface area contributed by atoms with Crippen molar-refractivity contribution < 1.29 is 4.79 Å². The van der Waals surface area contributed by atoms with E-state index in [4.69, 9.17) is 0 Å². The minimum atomic E-state index is -0.0260. The quantitative estimate of drug-likeness (QED) is 0.893. The predicted molar refractivity (Wildman–Crippen MR) is 60.6 cm³/mol. The van der Waals surface area contributed by atoms with E-state index in [-0.39, 0.29) is 5.91 Å². The SMILES string of the molecule is Cn1ncc(C(=O)NC2CCCC2)c1Br. The number of halogens is 1. The molecule has 82 valence electrons. The van der Waals surface area contributed by atoms with E-state index < -0.39 is 0 Å². The van der Waals surface area contributed by atoms with Gasteiger partial charge in [0.25, 0.3) is 5.91 Å². The Morgan fingerprint density at radius 2 is 2.27 bits per heavy atom. The van der Waals surface area contributed by atoms with Crippen molar-refractivity contribution in [2.45, 2.75) is 31.7 Å². The average Bonchev–Trinajstić information content (AvgIpc) is 2.79. The molecule has 1 amide bonds. The lowest BCUT2D eigenvalue weighted by Crippen LogP contribution is -2.32. The molecule has 0 unspecified atom stereocenters. The standard InChI is InChI=1S/C10H14BrN3O/c1-14-9(11)8(6-12-14)10(15)13-7-4-2-3-5-7/h6-7H,2-5H2,1H3,(H,13,15). The lowest BCUT2D eigenvalue weighted by atomic mass is 10.2. The van der Waals surface area contributed by atoms with Gasteiger partial charge in [-0.3, -0.25) is 9.48 Å². The van der Waals surface area contributed by atoms with Crippen LogP contribution in [0.4, 0.5) is 0 Å². The van der Waals surface area contributed by atoms with Crippen LogP contribution in [-0.4, -0.2) is 21.7 Å². The van der Waals surface area contributed by atoms with Crippen LogP contribution in [0.15, 0.2) is 10.8 Å². The maximum absolute atomic E-state index is 11.8. The molecular formula is C10H14BrN3O. The molecule has 0 aliphatic heterocycles. The molecule has 2 rings (SSSR count). The molecule has 4 nitrogen and oxygen atoms in total. The number of rotatable bonds is 2. The van der Waals surface area contributed by atoms with Crippen LogP contribution >= 0.6 is 15.9 Å². The van der Waals surface area contributed by atoms with E-state index in [0.29, 0.717) is 11.6 Å². The fourth-order valence-corrected chi connectivity index (χ4v) is 2.28. The highest BCUT2D eigenvalue weighted by Gasteiger charge is 2.20. The van der Waals surface area contributed by atoms with Gasteiger partial charge in [-0.1, -0.05) is 12.8 Å². The Balaban J connectivity index is 2.04. The first-order valence-electron chi connectivity index (χ1n) is 5.17. The summed E-state index contributed by atoms with van der Waals surface area (Å²) < 4.78 is 2.38. The number of aryl methyl sites for hydroxylation is 1. The van der Waals surface area contributed by atoms with Gasteiger partial charge in [0.05, 0.1) is 11.8 Å². The maximum atomic E-state index is 11.8. The fraction of sp³-hybridized carbons (Fsp3) is 0.600. The first-order valence-corrected chi connectivity index (χ1v) is 5.96. The monoisotopic (exact) mass is 271 g/mol. The van der Waals surface area contributed by atoms with Crippen molar-refractivity contribution in [2.24, 2.45) is 7.05 Å². The summed E-state index contributed by atoms with van der Waals surface area (Å²) in [6.07, 6.45) is 6.24. The van der Waals surface area contributed by atoms with E-state index in [1.54, 1.807) is 17.9 Å². The Kier molecular flexibility index (Phi) is 3.09. The van der Waals surface area contributed by atoms with Gasteiger partial charge in [0.15, 0.2) is 0 Å². The molecule has 1 aromatic heterocycles. The van der Waals surface area contributed by atoms with Gasteiger partial charge in [0, 0.05) is 13.1 Å². The highest BCUT2D eigenvalue weighted by Crippen LogP contribution is 2.20. The van der Waals surface area contributed by atoms with Crippen LogP contribution < -0.4 is 5.32 Å². The molecule has 0 atom stereocenters. The van der Waals surface area contributed by atoms with Crippen LogP contribution in [0.25, 0.3) is 0 Å². The predicted octanol–water partition coefficient (Wildman–Crippen LogP) is 1.85. The van der Waals surface area contributed by atoms with Gasteiger partial charge in [-0.25, -0.2) is 0 Å². The minimum Gasteiger partial charge on any atom is -0.349 e. The first kappa shape index (κ1) is 10.7. The summed E-state index contributed by atoms with van der Waals surface area (Å²) in [6.45, 7) is 0. The third-order valence-electron chi connectivity index (χ3n) is 2.80. The van der Waals surface area contributed by atoms with Crippen molar-refractivity contribution in [3.8, 4) is 0 Å². The highest BCUT2D eigenvalue weighted by atomic mass is 79.9. The van der Waals surface area contributed by atoms with E-state index in [1.807, 2.05) is 0 Å². The second kappa shape index (κ2) is 4.35. The number of carbonyl (C=O) groups is 1. The van der Waals surface area contributed by atoms with Gasteiger partial charge >= 0.3 is 0 Å². The lowest BCUT2D eigenvalue weighted by Gasteiger charge is -2.10. The number of hydrogen-bond donors (Lipinski definition) is 1. The van der Waals surface area contributed by atoms with Gasteiger partial charge in [0.2, 0.25) is 0 Å². The summed E-state index contributed by atoms with van der Waals surface area (Å²) >= 11 is 3.34. The van der Waals surface area contributed by atoms with E-state index in [9.17, 15) is 4.79 Å². The molecule has 5 heteroatoms. The molecule has 0 aromatic carbocycles. The smallest absolute Gasteiger partial charge is 0.255 e. The van der Waals surface area contributed by atoms with Gasteiger partial charge in [0.1, 0.15) is 4.60 Å². The van der Waals surface area contributed by atoms with Crippen LogP contribution in [0, 0.1) is 0 Å². The molecule has 1 heterocycles. The zero-order chi connectivity index (χ0) is 10.8. The van der Waals surface area contributed by atoms with Gasteiger partial charge in [-0.05, 0) is 28.8 Å². The molecule has 1 N–H and O–H groups in total. The Labute approximate surface area is 97.2 Å². The number of aromatic nitrogens is 2. The van der Waals surface area contributed by atoms with Crippen LogP contribution in [0.3, 0.4) is 0 Å². The largest absolute Gasteiger partial charge is 0.349 e. The molecule has 1 aliphatic carbocycles. The number of carbonyl (C=O) groups excluding carboxylic acids is 1. The van der Waals surface area contributed by atoms with E-state index in [0.717, 1.165) is 17.4 Å². The van der Waals surface area contributed by atoms with Crippen molar-refractivity contribution >= 4 is 21.8 Å². The number of hydrogen-bond acceptors (Lipinski definition) is 2. The topological polar surface area (TPSA) is 46.9 Å². The second-order valence-corrected chi connectivity index (χ2v) is 4.68. The second-order valence-electron chi connectivity index (χ2n) is 3.93. The third-order valence-corrected chi connectivity index (χ3v) is 3.74. The normalized spacial score (nSPS) is 16.9. The molecule has 0 spiro atoms. The van der Waals surface area contributed by atoms with E-state index >= 15 is 0 Å². The highest BCUT2D eigenvalue weighted by molar-refractivity contribution is 9.10. The fourth-order valence-electron chi connectivity index (χ4n) is 1.91. The Morgan fingerprint density at radius 3 is 2.80 bits per heavy atom. The van der Waals surface area contributed by atoms with Gasteiger partial charge in [-0.2, -0.15) is 5.10 Å². The Morgan fingerprint density at radius 1 is 1.60 bits per heavy atom. The lowest BCUT2D eigenvalue weighted by molar-refractivity contribution is 0.0937. The van der Waals surface area contributed by atoms with Crippen molar-refractivity contribution in [1.29, 1.82) is 0 Å². The summed E-state index contributed by atoms with van der Waals surface area (Å²) in [5.41, 5.74) is 0.615. The zero-order valence-electron chi connectivity index (χ0n) is 8.66. The molecule has 15 heavy (non-hydrogen) atoms. The molecule has 1 saturated carbocycles. The maximum Gasteiger partial charge on any atom is 0.255 e. The minimum absolute atomic E-state index is 0.0260. The van der Waals surface area contributed by atoms with Crippen molar-refractivity contribution in [3.05, 3.63) is 16.4 Å². The molecule has 1 aromatic rings. The molecule has 1 aliphatic rings. The summed E-state index contributed by atoms with van der Waals surface area (Å²) in [5.74, 6) is -0.0260. The van der Waals surface area contributed by atoms with Gasteiger partial charge < -0.3 is 5.32 Å². The van der Waals surface area contributed by atoms with Gasteiger partial charge in [-0.15, -0.1) is 0 Å². The Bertz CT molecular complexity index is 369. The number of nitrogens with zero attached hydrogens (tertiary/aromatic N) is 2. The van der Waals surface area contributed by atoms with Crippen LogP contribution in [0.2, 0.25) is 0 Å². The van der Waals surface area contributed by atoms with E-state index in [2.05, 4.69) is 26.3 Å². The number of amides is 1. The summed E-state index contributed by atoms with van der Waals surface area (Å²) in [7, 11) is 1.80. The summed E-state index contributed by atoms with van der Waals surface area (Å²) in [6, 6.07) is 0.351. The molecular weight excluding hydrogens is 258 g/mol. The van der Waals surface area contributed by atoms with Crippen molar-refractivity contribution in [2.75, 3.05) is 0 Å². The van der Waals surface area contributed by atoms with E-state index in [1.165, 1.54) is 12.8 Å². The zero-order valence-corrected chi connectivity index (χ0v) is 10.2. The third kappa shape index (κ3) is 2.22. The van der Waals surface area contributed by atoms with Crippen molar-refractivity contribution in [1.82, 2.24) is 15.1 Å². The van der Waals surface area contributed by atoms with Crippen LogP contribution in [-0.2, 0) is 7.05 Å². The summed E-state index contributed by atoms with van der Waals surface area (Å²) in [5, 5.41) is 7.05. The van der Waals surface area contributed by atoms with Crippen molar-refractivity contribution in [3.63, 3.8) is 0 Å². The van der Waals surface area contributed by atoms with Crippen LogP contribution in [0.5, 0.6) is 0 Å². The first-order chi connectivity index (χ1) is 7.18. The van der Waals surface area contributed by atoms with Crippen LogP contribution in [0.1, 0.15) is 36.0 Å².